The van der Waals surface area contributed by atoms with E-state index in [-0.39, 0.29) is 68.1 Å². The second kappa shape index (κ2) is 24.2. The monoisotopic (exact) mass is 773 g/mol. The van der Waals surface area contributed by atoms with E-state index in [0.29, 0.717) is 18.3 Å². The molecule has 0 radical (unpaired) electrons. The Labute approximate surface area is 324 Å². The van der Waals surface area contributed by atoms with Crippen LogP contribution in [0, 0.1) is 17.8 Å². The van der Waals surface area contributed by atoms with Gasteiger partial charge in [0, 0.05) is 19.9 Å². The van der Waals surface area contributed by atoms with E-state index in [2.05, 4.69) is 36.9 Å². The van der Waals surface area contributed by atoms with Crippen LogP contribution in [0.3, 0.4) is 0 Å². The molecule has 6 amide bonds. The van der Waals surface area contributed by atoms with Crippen molar-refractivity contribution in [2.75, 3.05) is 6.54 Å². The SMILES string of the molecule is CC(=O)N[C@@H](Cc1ccc(O)cc1)C(=O)N[C@@H](CC(C)C)C(=O)N[C@@H](CC(C)C)C(=O)N[C@@H](CC(C)C)C(=O)N[C@@H](C)C(=O)N[C@H](C=O)CCCN=C(N)N. The predicted molar refractivity (Wildman–Crippen MR) is 209 cm³/mol. The molecular weight excluding hydrogens is 710 g/mol. The van der Waals surface area contributed by atoms with Crippen LogP contribution in [0.5, 0.6) is 5.75 Å². The summed E-state index contributed by atoms with van der Waals surface area (Å²) < 4.78 is 0. The first kappa shape index (κ1) is 47.8. The van der Waals surface area contributed by atoms with Crippen LogP contribution in [0.25, 0.3) is 0 Å². The smallest absolute Gasteiger partial charge is 0.243 e. The largest absolute Gasteiger partial charge is 0.508 e. The van der Waals surface area contributed by atoms with Crippen molar-refractivity contribution in [1.82, 2.24) is 31.9 Å². The lowest BCUT2D eigenvalue weighted by molar-refractivity contribution is -0.135. The van der Waals surface area contributed by atoms with E-state index >= 15 is 0 Å². The van der Waals surface area contributed by atoms with Gasteiger partial charge in [0.2, 0.25) is 35.4 Å². The number of phenolic OH excluding ortho intramolecular Hbond substituents is 1. The molecule has 0 saturated carbocycles. The highest BCUT2D eigenvalue weighted by Gasteiger charge is 2.33. The second-order valence-corrected chi connectivity index (χ2v) is 15.1. The first-order valence-electron chi connectivity index (χ1n) is 18.8. The minimum atomic E-state index is -1.09. The van der Waals surface area contributed by atoms with Gasteiger partial charge in [0.05, 0.1) is 6.04 Å². The van der Waals surface area contributed by atoms with Gasteiger partial charge in [-0.05, 0) is 74.5 Å². The molecule has 0 fully saturated rings. The number of aliphatic imine (C=N–C) groups is 1. The Hall–Kier alpha value is -5.22. The van der Waals surface area contributed by atoms with Crippen molar-refractivity contribution in [1.29, 1.82) is 0 Å². The average molecular weight is 774 g/mol. The first-order valence-corrected chi connectivity index (χ1v) is 18.8. The molecule has 0 heterocycles. The van der Waals surface area contributed by atoms with Gasteiger partial charge in [-0.2, -0.15) is 0 Å². The molecule has 0 unspecified atom stereocenters. The van der Waals surface area contributed by atoms with Gasteiger partial charge in [-0.25, -0.2) is 0 Å². The topological polar surface area (TPSA) is 276 Å². The number of aldehydes is 1. The number of guanidine groups is 1. The van der Waals surface area contributed by atoms with Crippen LogP contribution in [-0.2, 0) is 40.0 Å². The van der Waals surface area contributed by atoms with Crippen LogP contribution in [0.15, 0.2) is 29.3 Å². The quantitative estimate of drug-likeness (QED) is 0.0299. The fourth-order valence-electron chi connectivity index (χ4n) is 5.63. The van der Waals surface area contributed by atoms with Crippen LogP contribution < -0.4 is 43.4 Å². The Kier molecular flexibility index (Phi) is 21.1. The molecule has 0 aliphatic rings. The Morgan fingerprint density at radius 1 is 0.655 bits per heavy atom. The number of nitrogens with zero attached hydrogens (tertiary/aromatic N) is 1. The summed E-state index contributed by atoms with van der Waals surface area (Å²) in [5.74, 6) is -3.72. The maximum absolute atomic E-state index is 13.8. The number of hydrogen-bond donors (Lipinski definition) is 9. The van der Waals surface area contributed by atoms with Gasteiger partial charge < -0.3 is 53.3 Å². The standard InChI is InChI=1S/C38H63N9O8/c1-21(2)16-29(34(52)42-24(7)33(51)44-27(20-48)10-9-15-41-38(39)40)45-35(53)30(17-22(3)4)46-36(54)31(18-23(5)6)47-37(55)32(43-25(8)49)19-26-11-13-28(50)14-12-26/h11-14,20-24,27,29-32,50H,9-10,15-19H2,1-8H3,(H,42,52)(H,43,49)(H,44,51)(H,45,53)(H,46,54)(H,47,55)(H4,39,40,41)/t24-,27-,29-,30-,31-,32-/m0/s1. The van der Waals surface area contributed by atoms with E-state index in [9.17, 15) is 38.7 Å². The lowest BCUT2D eigenvalue weighted by Gasteiger charge is -2.28. The third kappa shape index (κ3) is 19.6. The van der Waals surface area contributed by atoms with Crippen LogP contribution in [0.1, 0.15) is 93.1 Å². The molecule has 17 heteroatoms. The molecule has 1 rings (SSSR count). The van der Waals surface area contributed by atoms with Crippen molar-refractivity contribution in [3.05, 3.63) is 29.8 Å². The summed E-state index contributed by atoms with van der Waals surface area (Å²) in [5, 5.41) is 25.7. The maximum atomic E-state index is 13.8. The summed E-state index contributed by atoms with van der Waals surface area (Å²) in [5.41, 5.74) is 11.3. The molecule has 1 aromatic carbocycles. The zero-order valence-corrected chi connectivity index (χ0v) is 33.4. The zero-order chi connectivity index (χ0) is 41.8. The third-order valence-electron chi connectivity index (χ3n) is 8.30. The summed E-state index contributed by atoms with van der Waals surface area (Å²) in [4.78, 5) is 94.9. The number of carbonyl (C=O) groups is 7. The summed E-state index contributed by atoms with van der Waals surface area (Å²) >= 11 is 0. The molecule has 11 N–H and O–H groups in total. The molecule has 1 aromatic rings. The molecule has 55 heavy (non-hydrogen) atoms. The fraction of sp³-hybridized carbons (Fsp3) is 0.632. The van der Waals surface area contributed by atoms with Crippen LogP contribution >= 0.6 is 0 Å². The predicted octanol–water partition coefficient (Wildman–Crippen LogP) is 0.274. The summed E-state index contributed by atoms with van der Waals surface area (Å²) in [6.07, 6.45) is 2.04. The molecule has 0 spiro atoms. The second-order valence-electron chi connectivity index (χ2n) is 15.1. The maximum Gasteiger partial charge on any atom is 0.243 e. The van der Waals surface area contributed by atoms with Crippen molar-refractivity contribution in [3.63, 3.8) is 0 Å². The van der Waals surface area contributed by atoms with Crippen molar-refractivity contribution in [2.45, 2.75) is 130 Å². The Bertz CT molecular complexity index is 1460. The van der Waals surface area contributed by atoms with Crippen molar-refractivity contribution in [3.8, 4) is 5.75 Å². The Morgan fingerprint density at radius 3 is 1.49 bits per heavy atom. The van der Waals surface area contributed by atoms with Gasteiger partial charge in [-0.15, -0.1) is 0 Å². The van der Waals surface area contributed by atoms with Crippen LogP contribution in [-0.4, -0.2) is 95.6 Å². The molecule has 308 valence electrons. The molecule has 0 aliphatic carbocycles. The fourth-order valence-corrected chi connectivity index (χ4v) is 5.63. The van der Waals surface area contributed by atoms with E-state index in [0.717, 1.165) is 0 Å². The highest BCUT2D eigenvalue weighted by Crippen LogP contribution is 2.14. The van der Waals surface area contributed by atoms with E-state index in [1.807, 2.05) is 41.5 Å². The number of phenols is 1. The molecular formula is C38H63N9O8. The first-order chi connectivity index (χ1) is 25.7. The molecule has 0 saturated heterocycles. The Balaban J connectivity index is 3.14. The van der Waals surface area contributed by atoms with Gasteiger partial charge in [0.1, 0.15) is 42.2 Å². The van der Waals surface area contributed by atoms with E-state index < -0.39 is 71.7 Å². The van der Waals surface area contributed by atoms with E-state index in [1.165, 1.54) is 26.0 Å². The molecule has 6 atom stereocenters. The van der Waals surface area contributed by atoms with Gasteiger partial charge in [-0.1, -0.05) is 53.7 Å². The number of nitrogens with one attached hydrogen (secondary N) is 6. The van der Waals surface area contributed by atoms with E-state index in [4.69, 9.17) is 11.5 Å². The van der Waals surface area contributed by atoms with Gasteiger partial charge in [0.25, 0.3) is 0 Å². The Morgan fingerprint density at radius 2 is 1.09 bits per heavy atom. The normalized spacial score (nSPS) is 14.4. The molecule has 0 aliphatic heterocycles. The molecule has 17 nitrogen and oxygen atoms in total. The van der Waals surface area contributed by atoms with E-state index in [1.54, 1.807) is 12.1 Å². The minimum Gasteiger partial charge on any atom is -0.508 e. The number of benzene rings is 1. The summed E-state index contributed by atoms with van der Waals surface area (Å²) in [7, 11) is 0. The lowest BCUT2D eigenvalue weighted by Crippen LogP contribution is -2.59. The highest BCUT2D eigenvalue weighted by atomic mass is 16.3. The summed E-state index contributed by atoms with van der Waals surface area (Å²) in [6.45, 7) is 14.2. The number of carbonyl (C=O) groups excluding carboxylic acids is 7. The van der Waals surface area contributed by atoms with Gasteiger partial charge in [0.15, 0.2) is 5.96 Å². The number of amides is 6. The highest BCUT2D eigenvalue weighted by molar-refractivity contribution is 5.96. The average Bonchev–Trinajstić information content (AvgIpc) is 3.08. The zero-order valence-electron chi connectivity index (χ0n) is 33.4. The van der Waals surface area contributed by atoms with Crippen LogP contribution in [0.2, 0.25) is 0 Å². The van der Waals surface area contributed by atoms with Crippen molar-refractivity contribution >= 4 is 47.7 Å². The number of hydrogen-bond acceptors (Lipinski definition) is 9. The van der Waals surface area contributed by atoms with Crippen molar-refractivity contribution in [2.24, 2.45) is 34.2 Å². The van der Waals surface area contributed by atoms with Gasteiger partial charge >= 0.3 is 0 Å². The van der Waals surface area contributed by atoms with Crippen LogP contribution in [0.4, 0.5) is 0 Å². The third-order valence-corrected chi connectivity index (χ3v) is 8.30. The number of aromatic hydroxyl groups is 1. The molecule has 0 bridgehead atoms. The lowest BCUT2D eigenvalue weighted by atomic mass is 9.98. The van der Waals surface area contributed by atoms with Gasteiger partial charge in [-0.3, -0.25) is 33.8 Å². The van der Waals surface area contributed by atoms with Crippen molar-refractivity contribution < 1.29 is 38.7 Å². The summed E-state index contributed by atoms with van der Waals surface area (Å²) in [6, 6.07) is 0.0410. The number of nitrogens with two attached hydrogens (primary N) is 2. The number of rotatable bonds is 24. The minimum absolute atomic E-state index is 0.0457. The molecule has 0 aromatic heterocycles.